The highest BCUT2D eigenvalue weighted by molar-refractivity contribution is 5.38. The van der Waals surface area contributed by atoms with E-state index in [0.717, 1.165) is 12.2 Å². The number of halogens is 4. The predicted molar refractivity (Wildman–Crippen MR) is 62.4 cm³/mol. The standard InChI is InChI=1S/C13H16F4/c1-5-10(9(4)14)8-11(6-2)12(7-3)13(15,16)17/h5-7,9H,2-3,8H2,1,4H3. The fourth-order valence-electron chi connectivity index (χ4n) is 1.40. The molecular weight excluding hydrogens is 232 g/mol. The molecule has 96 valence electrons. The van der Waals surface area contributed by atoms with Crippen LogP contribution < -0.4 is 0 Å². The molecule has 0 aliphatic heterocycles. The molecule has 0 saturated carbocycles. The van der Waals surface area contributed by atoms with Crippen LogP contribution in [0.3, 0.4) is 0 Å². The van der Waals surface area contributed by atoms with Crippen molar-refractivity contribution in [3.8, 4) is 0 Å². The smallest absolute Gasteiger partial charge is 0.243 e. The zero-order valence-electron chi connectivity index (χ0n) is 9.94. The lowest BCUT2D eigenvalue weighted by molar-refractivity contribution is -0.0888. The minimum Gasteiger partial charge on any atom is -0.243 e. The van der Waals surface area contributed by atoms with Gasteiger partial charge < -0.3 is 0 Å². The molecule has 0 aliphatic rings. The maximum Gasteiger partial charge on any atom is 0.416 e. The van der Waals surface area contributed by atoms with Crippen LogP contribution in [0.5, 0.6) is 0 Å². The summed E-state index contributed by atoms with van der Waals surface area (Å²) in [7, 11) is 0. The van der Waals surface area contributed by atoms with E-state index in [0.29, 0.717) is 5.57 Å². The van der Waals surface area contributed by atoms with E-state index >= 15 is 0 Å². The first-order valence-corrected chi connectivity index (χ1v) is 5.12. The van der Waals surface area contributed by atoms with Crippen molar-refractivity contribution in [1.29, 1.82) is 0 Å². The van der Waals surface area contributed by atoms with E-state index in [1.165, 1.54) is 13.0 Å². The van der Waals surface area contributed by atoms with E-state index < -0.39 is 17.9 Å². The molecule has 0 bridgehead atoms. The molecule has 0 N–H and O–H groups in total. The molecule has 0 fully saturated rings. The lowest BCUT2D eigenvalue weighted by Gasteiger charge is -2.15. The lowest BCUT2D eigenvalue weighted by Crippen LogP contribution is -2.13. The van der Waals surface area contributed by atoms with Crippen molar-refractivity contribution in [3.05, 3.63) is 48.1 Å². The molecule has 4 heteroatoms. The molecular formula is C13H16F4. The highest BCUT2D eigenvalue weighted by atomic mass is 19.4. The topological polar surface area (TPSA) is 0 Å². The van der Waals surface area contributed by atoms with E-state index in [2.05, 4.69) is 13.2 Å². The number of hydrogen-bond donors (Lipinski definition) is 0. The van der Waals surface area contributed by atoms with E-state index in [9.17, 15) is 17.6 Å². The summed E-state index contributed by atoms with van der Waals surface area (Å²) in [6, 6.07) is 0. The molecule has 17 heavy (non-hydrogen) atoms. The fourth-order valence-corrected chi connectivity index (χ4v) is 1.40. The Kier molecular flexibility index (Phi) is 5.93. The molecule has 0 aromatic rings. The van der Waals surface area contributed by atoms with E-state index in [-0.39, 0.29) is 12.0 Å². The van der Waals surface area contributed by atoms with Gasteiger partial charge in [-0.2, -0.15) is 13.2 Å². The Morgan fingerprint density at radius 2 is 1.76 bits per heavy atom. The van der Waals surface area contributed by atoms with Gasteiger partial charge in [-0.25, -0.2) is 4.39 Å². The summed E-state index contributed by atoms with van der Waals surface area (Å²) in [5.74, 6) is 0. The third-order valence-electron chi connectivity index (χ3n) is 2.38. The molecule has 0 aromatic heterocycles. The van der Waals surface area contributed by atoms with Crippen LogP contribution in [0.1, 0.15) is 20.3 Å². The fraction of sp³-hybridized carbons (Fsp3) is 0.385. The van der Waals surface area contributed by atoms with Gasteiger partial charge in [0, 0.05) is 0 Å². The van der Waals surface area contributed by atoms with Crippen molar-refractivity contribution in [1.82, 2.24) is 0 Å². The third-order valence-corrected chi connectivity index (χ3v) is 2.38. The van der Waals surface area contributed by atoms with Crippen molar-refractivity contribution >= 4 is 0 Å². The molecule has 1 unspecified atom stereocenters. The molecule has 1 atom stereocenters. The second-order valence-corrected chi connectivity index (χ2v) is 3.50. The van der Waals surface area contributed by atoms with Crippen molar-refractivity contribution in [3.63, 3.8) is 0 Å². The maximum atomic E-state index is 13.1. The Labute approximate surface area is 99.0 Å². The van der Waals surface area contributed by atoms with Crippen molar-refractivity contribution < 1.29 is 17.6 Å². The van der Waals surface area contributed by atoms with Gasteiger partial charge in [-0.1, -0.05) is 31.4 Å². The van der Waals surface area contributed by atoms with Gasteiger partial charge in [-0.05, 0) is 31.4 Å². The molecule has 0 amide bonds. The molecule has 0 aliphatic carbocycles. The van der Waals surface area contributed by atoms with Gasteiger partial charge in [-0.15, -0.1) is 0 Å². The Morgan fingerprint density at radius 1 is 1.24 bits per heavy atom. The van der Waals surface area contributed by atoms with Crippen molar-refractivity contribution in [2.75, 3.05) is 0 Å². The Morgan fingerprint density at radius 3 is 2.00 bits per heavy atom. The molecule has 0 nitrogen and oxygen atoms in total. The van der Waals surface area contributed by atoms with Gasteiger partial charge >= 0.3 is 6.18 Å². The minimum atomic E-state index is -4.50. The van der Waals surface area contributed by atoms with Crippen LogP contribution in [0.25, 0.3) is 0 Å². The number of rotatable bonds is 5. The van der Waals surface area contributed by atoms with Gasteiger partial charge in [0.1, 0.15) is 6.17 Å². The van der Waals surface area contributed by atoms with E-state index in [1.54, 1.807) is 6.92 Å². The van der Waals surface area contributed by atoms with Crippen LogP contribution in [0.4, 0.5) is 17.6 Å². The molecule has 0 aromatic carbocycles. The molecule has 0 saturated heterocycles. The first kappa shape index (κ1) is 15.7. The van der Waals surface area contributed by atoms with E-state index in [1.807, 2.05) is 0 Å². The summed E-state index contributed by atoms with van der Waals surface area (Å²) >= 11 is 0. The lowest BCUT2D eigenvalue weighted by atomic mass is 9.97. The summed E-state index contributed by atoms with van der Waals surface area (Å²) in [5.41, 5.74) is -0.638. The highest BCUT2D eigenvalue weighted by Gasteiger charge is 2.33. The van der Waals surface area contributed by atoms with E-state index in [4.69, 9.17) is 0 Å². The maximum absolute atomic E-state index is 13.1. The number of allylic oxidation sites excluding steroid dienone is 6. The Balaban J connectivity index is 5.39. The average Bonchev–Trinajstić information content (AvgIpc) is 2.21. The van der Waals surface area contributed by atoms with Crippen molar-refractivity contribution in [2.24, 2.45) is 0 Å². The highest BCUT2D eigenvalue weighted by Crippen LogP contribution is 2.32. The van der Waals surface area contributed by atoms with Gasteiger partial charge in [-0.3, -0.25) is 0 Å². The normalized spacial score (nSPS) is 16.2. The third kappa shape index (κ3) is 4.59. The summed E-state index contributed by atoms with van der Waals surface area (Å²) in [4.78, 5) is 0. The molecule has 0 radical (unpaired) electrons. The van der Waals surface area contributed by atoms with Crippen LogP contribution >= 0.6 is 0 Å². The Bertz CT molecular complexity index is 343. The van der Waals surface area contributed by atoms with Crippen LogP contribution in [0, 0.1) is 0 Å². The Hall–Kier alpha value is -1.32. The average molecular weight is 248 g/mol. The first-order valence-electron chi connectivity index (χ1n) is 5.12. The summed E-state index contributed by atoms with van der Waals surface area (Å²) < 4.78 is 51.0. The largest absolute Gasteiger partial charge is 0.416 e. The number of hydrogen-bond acceptors (Lipinski definition) is 0. The van der Waals surface area contributed by atoms with Crippen LogP contribution in [0.15, 0.2) is 48.1 Å². The zero-order chi connectivity index (χ0) is 13.6. The molecule has 0 heterocycles. The quantitative estimate of drug-likeness (QED) is 0.368. The summed E-state index contributed by atoms with van der Waals surface area (Å²) in [6.07, 6.45) is -2.59. The second-order valence-electron chi connectivity index (χ2n) is 3.50. The summed E-state index contributed by atoms with van der Waals surface area (Å²) in [5, 5.41) is 0. The monoisotopic (exact) mass is 248 g/mol. The number of alkyl halides is 4. The van der Waals surface area contributed by atoms with Gasteiger partial charge in [0.15, 0.2) is 0 Å². The molecule has 0 spiro atoms. The van der Waals surface area contributed by atoms with Crippen LogP contribution in [-0.4, -0.2) is 12.3 Å². The van der Waals surface area contributed by atoms with Gasteiger partial charge in [0.2, 0.25) is 0 Å². The minimum absolute atomic E-state index is 0.0647. The van der Waals surface area contributed by atoms with Gasteiger partial charge in [0.05, 0.1) is 5.57 Å². The predicted octanol–water partition coefficient (Wildman–Crippen LogP) is 4.91. The first-order chi connectivity index (χ1) is 7.77. The van der Waals surface area contributed by atoms with Crippen molar-refractivity contribution in [2.45, 2.75) is 32.6 Å². The van der Waals surface area contributed by atoms with Crippen LogP contribution in [0.2, 0.25) is 0 Å². The second kappa shape index (κ2) is 6.42. The zero-order valence-corrected chi connectivity index (χ0v) is 9.94. The summed E-state index contributed by atoms with van der Waals surface area (Å²) in [6.45, 7) is 9.35. The SMILES string of the molecule is C=CC(CC(=CC)C(C)F)=C(C=C)C(F)(F)F. The molecule has 0 rings (SSSR count). The van der Waals surface area contributed by atoms with Gasteiger partial charge in [0.25, 0.3) is 0 Å². The van der Waals surface area contributed by atoms with Crippen LogP contribution in [-0.2, 0) is 0 Å².